The van der Waals surface area contributed by atoms with Crippen molar-refractivity contribution in [2.24, 2.45) is 11.7 Å². The third-order valence-electron chi connectivity index (χ3n) is 5.95. The molecule has 0 radical (unpaired) electrons. The highest BCUT2D eigenvalue weighted by Crippen LogP contribution is 2.24. The van der Waals surface area contributed by atoms with Crippen LogP contribution in [0.2, 0.25) is 0 Å². The van der Waals surface area contributed by atoms with E-state index < -0.39 is 0 Å². The van der Waals surface area contributed by atoms with Crippen LogP contribution in [0.3, 0.4) is 0 Å². The first-order valence-electron chi connectivity index (χ1n) is 10.3. The number of amides is 1. The van der Waals surface area contributed by atoms with E-state index in [0.717, 1.165) is 37.4 Å². The van der Waals surface area contributed by atoms with E-state index >= 15 is 0 Å². The van der Waals surface area contributed by atoms with Gasteiger partial charge < -0.3 is 20.4 Å². The number of piperidine rings is 1. The van der Waals surface area contributed by atoms with Crippen LogP contribution in [0.5, 0.6) is 0 Å². The first-order chi connectivity index (χ1) is 14.4. The Labute approximate surface area is 175 Å². The van der Waals surface area contributed by atoms with Crippen molar-refractivity contribution in [3.8, 4) is 11.3 Å². The van der Waals surface area contributed by atoms with Gasteiger partial charge in [0.1, 0.15) is 0 Å². The van der Waals surface area contributed by atoms with Crippen LogP contribution in [0.1, 0.15) is 18.5 Å². The van der Waals surface area contributed by atoms with Gasteiger partial charge in [0.2, 0.25) is 17.8 Å². The molecular formula is C20H28N8O2. The number of anilines is 2. The van der Waals surface area contributed by atoms with Gasteiger partial charge in [-0.2, -0.15) is 0 Å². The monoisotopic (exact) mass is 412 g/mol. The van der Waals surface area contributed by atoms with E-state index in [0.29, 0.717) is 43.5 Å². The molecule has 0 unspecified atom stereocenters. The summed E-state index contributed by atoms with van der Waals surface area (Å²) in [6.07, 6.45) is 3.07. The Balaban J connectivity index is 1.56. The molecule has 1 amide bonds. The van der Waals surface area contributed by atoms with Gasteiger partial charge in [-0.1, -0.05) is 0 Å². The zero-order chi connectivity index (χ0) is 21.3. The van der Waals surface area contributed by atoms with Crippen molar-refractivity contribution >= 4 is 17.8 Å². The highest BCUT2D eigenvalue weighted by atomic mass is 16.1. The smallest absolute Gasteiger partial charge is 0.252 e. The third-order valence-corrected chi connectivity index (χ3v) is 5.95. The molecule has 30 heavy (non-hydrogen) atoms. The van der Waals surface area contributed by atoms with Crippen molar-refractivity contribution < 1.29 is 4.79 Å². The Kier molecular flexibility index (Phi) is 5.67. The number of aromatic amines is 1. The number of rotatable bonds is 4. The van der Waals surface area contributed by atoms with Crippen molar-refractivity contribution in [3.63, 3.8) is 0 Å². The molecule has 0 atom stereocenters. The van der Waals surface area contributed by atoms with Gasteiger partial charge >= 0.3 is 0 Å². The number of aryl methyl sites for hydroxylation is 1. The lowest BCUT2D eigenvalue weighted by molar-refractivity contribution is -0.122. The number of carbonyl (C=O) groups excluding carboxylic acids is 1. The molecule has 0 aromatic carbocycles. The second kappa shape index (κ2) is 8.39. The summed E-state index contributed by atoms with van der Waals surface area (Å²) < 4.78 is 0. The minimum atomic E-state index is -0.266. The predicted molar refractivity (Wildman–Crippen MR) is 114 cm³/mol. The van der Waals surface area contributed by atoms with E-state index in [1.807, 2.05) is 11.8 Å². The summed E-state index contributed by atoms with van der Waals surface area (Å²) in [5.41, 5.74) is 7.27. The maximum absolute atomic E-state index is 12.3. The molecule has 2 fully saturated rings. The van der Waals surface area contributed by atoms with Gasteiger partial charge in [0.05, 0.1) is 11.4 Å². The van der Waals surface area contributed by atoms with Crippen LogP contribution >= 0.6 is 0 Å². The van der Waals surface area contributed by atoms with Crippen LogP contribution in [-0.2, 0) is 4.79 Å². The molecule has 10 nitrogen and oxygen atoms in total. The largest absolute Gasteiger partial charge is 0.369 e. The first kappa shape index (κ1) is 20.3. The number of carbonyl (C=O) groups is 1. The number of hydrogen-bond donors (Lipinski definition) is 2. The summed E-state index contributed by atoms with van der Waals surface area (Å²) >= 11 is 0. The predicted octanol–water partition coefficient (Wildman–Crippen LogP) is -0.0112. The number of aromatic nitrogens is 4. The van der Waals surface area contributed by atoms with Gasteiger partial charge in [-0.15, -0.1) is 0 Å². The molecule has 2 aliphatic rings. The molecule has 2 aromatic heterocycles. The van der Waals surface area contributed by atoms with E-state index in [4.69, 9.17) is 5.73 Å². The molecule has 160 valence electrons. The first-order valence-corrected chi connectivity index (χ1v) is 10.3. The Bertz CT molecular complexity index is 975. The Hall–Kier alpha value is -3.01. The van der Waals surface area contributed by atoms with Gasteiger partial charge in [-0.25, -0.2) is 15.0 Å². The average molecular weight is 412 g/mol. The van der Waals surface area contributed by atoms with E-state index in [1.54, 1.807) is 6.20 Å². The lowest BCUT2D eigenvalue weighted by atomic mass is 9.96. The normalized spacial score (nSPS) is 18.6. The molecule has 3 N–H and O–H groups in total. The van der Waals surface area contributed by atoms with E-state index in [2.05, 4.69) is 36.8 Å². The fourth-order valence-corrected chi connectivity index (χ4v) is 3.97. The van der Waals surface area contributed by atoms with Gasteiger partial charge in [0.25, 0.3) is 5.56 Å². The molecule has 0 spiro atoms. The summed E-state index contributed by atoms with van der Waals surface area (Å²) in [5, 5.41) is 0. The maximum atomic E-state index is 12.3. The van der Waals surface area contributed by atoms with Crippen LogP contribution in [0.25, 0.3) is 11.3 Å². The summed E-state index contributed by atoms with van der Waals surface area (Å²) in [7, 11) is 2.11. The standard InChI is InChI=1S/C20H28N8O2/c1-13-15(12-22-19(23-13)28-9-7-26(2)8-10-28)16-11-17(29)25-20(24-16)27-5-3-14(4-6-27)18(21)30/h11-12,14H,3-10H2,1-2H3,(H2,21,30)(H,24,25,29). The average Bonchev–Trinajstić information content (AvgIpc) is 2.74. The molecule has 2 aromatic rings. The lowest BCUT2D eigenvalue weighted by Gasteiger charge is -2.32. The number of nitrogens with one attached hydrogen (secondary N) is 1. The number of H-pyrrole nitrogens is 1. The molecule has 0 aliphatic carbocycles. The summed E-state index contributed by atoms with van der Waals surface area (Å²) in [4.78, 5) is 46.8. The second-order valence-electron chi connectivity index (χ2n) is 8.08. The summed E-state index contributed by atoms with van der Waals surface area (Å²) in [6, 6.07) is 1.47. The van der Waals surface area contributed by atoms with Crippen LogP contribution in [-0.4, -0.2) is 77.1 Å². The van der Waals surface area contributed by atoms with Crippen LogP contribution in [0.4, 0.5) is 11.9 Å². The summed E-state index contributed by atoms with van der Waals surface area (Å²) in [5.74, 6) is 0.831. The molecule has 10 heteroatoms. The molecule has 2 saturated heterocycles. The number of primary amides is 1. The highest BCUT2D eigenvalue weighted by Gasteiger charge is 2.25. The van der Waals surface area contributed by atoms with Gasteiger partial charge in [0.15, 0.2) is 0 Å². The number of nitrogens with zero attached hydrogens (tertiary/aromatic N) is 6. The molecule has 0 bridgehead atoms. The highest BCUT2D eigenvalue weighted by molar-refractivity contribution is 5.77. The van der Waals surface area contributed by atoms with Crippen molar-refractivity contribution in [1.29, 1.82) is 0 Å². The fraction of sp³-hybridized carbons (Fsp3) is 0.550. The fourth-order valence-electron chi connectivity index (χ4n) is 3.97. The number of likely N-dealkylation sites (N-methyl/N-ethyl adjacent to an activating group) is 1. The van der Waals surface area contributed by atoms with Crippen LogP contribution in [0.15, 0.2) is 17.1 Å². The molecule has 4 heterocycles. The topological polar surface area (TPSA) is 124 Å². The van der Waals surface area contributed by atoms with Crippen molar-refractivity contribution in [2.75, 3.05) is 56.1 Å². The van der Waals surface area contributed by atoms with Gasteiger partial charge in [0, 0.05) is 63.0 Å². The van der Waals surface area contributed by atoms with Crippen LogP contribution < -0.4 is 21.1 Å². The minimum absolute atomic E-state index is 0.117. The number of hydrogen-bond acceptors (Lipinski definition) is 8. The molecule has 0 saturated carbocycles. The van der Waals surface area contributed by atoms with E-state index in [1.165, 1.54) is 6.07 Å². The SMILES string of the molecule is Cc1nc(N2CCN(C)CC2)ncc1-c1cc(=O)[nH]c(N2CCC(C(N)=O)CC2)n1. The van der Waals surface area contributed by atoms with Gasteiger partial charge in [-0.05, 0) is 26.8 Å². The van der Waals surface area contributed by atoms with Gasteiger partial charge in [-0.3, -0.25) is 14.6 Å². The maximum Gasteiger partial charge on any atom is 0.252 e. The number of piperazine rings is 1. The third kappa shape index (κ3) is 4.28. The Morgan fingerprint density at radius 3 is 2.43 bits per heavy atom. The minimum Gasteiger partial charge on any atom is -0.369 e. The van der Waals surface area contributed by atoms with Crippen molar-refractivity contribution in [3.05, 3.63) is 28.3 Å². The molecule has 2 aliphatic heterocycles. The molecule has 4 rings (SSSR count). The molecular weight excluding hydrogens is 384 g/mol. The van der Waals surface area contributed by atoms with Crippen molar-refractivity contribution in [2.45, 2.75) is 19.8 Å². The Morgan fingerprint density at radius 1 is 1.10 bits per heavy atom. The van der Waals surface area contributed by atoms with Crippen LogP contribution in [0, 0.1) is 12.8 Å². The van der Waals surface area contributed by atoms with Crippen molar-refractivity contribution in [1.82, 2.24) is 24.8 Å². The number of nitrogens with two attached hydrogens (primary N) is 1. The van der Waals surface area contributed by atoms with E-state index in [-0.39, 0.29) is 17.4 Å². The zero-order valence-corrected chi connectivity index (χ0v) is 17.5. The quantitative estimate of drug-likeness (QED) is 0.718. The summed E-state index contributed by atoms with van der Waals surface area (Å²) in [6.45, 7) is 6.91. The second-order valence-corrected chi connectivity index (χ2v) is 8.08. The lowest BCUT2D eigenvalue weighted by Crippen LogP contribution is -2.45. The van der Waals surface area contributed by atoms with E-state index in [9.17, 15) is 9.59 Å². The Morgan fingerprint density at radius 2 is 1.80 bits per heavy atom. The zero-order valence-electron chi connectivity index (χ0n) is 17.5.